The van der Waals surface area contributed by atoms with Crippen LogP contribution in [0.15, 0.2) is 71.3 Å². The zero-order chi connectivity index (χ0) is 20.1. The summed E-state index contributed by atoms with van der Waals surface area (Å²) in [6.45, 7) is 2.02. The van der Waals surface area contributed by atoms with E-state index in [1.165, 1.54) is 25.5 Å². The Kier molecular flexibility index (Phi) is 5.61. The molecule has 6 heteroatoms. The summed E-state index contributed by atoms with van der Waals surface area (Å²) in [6, 6.07) is 17.9. The van der Waals surface area contributed by atoms with Crippen LogP contribution < -0.4 is 15.5 Å². The van der Waals surface area contributed by atoms with Crippen LogP contribution in [0.2, 0.25) is 0 Å². The third-order valence-electron chi connectivity index (χ3n) is 5.00. The first-order valence-corrected chi connectivity index (χ1v) is 9.81. The summed E-state index contributed by atoms with van der Waals surface area (Å²) in [7, 11) is 0. The number of hydrogen-bond donors (Lipinski definition) is 2. The molecule has 29 heavy (non-hydrogen) atoms. The Morgan fingerprint density at radius 1 is 0.793 bits per heavy atom. The van der Waals surface area contributed by atoms with Crippen LogP contribution in [0.4, 0.5) is 17.1 Å². The van der Waals surface area contributed by atoms with Gasteiger partial charge < -0.3 is 20.0 Å². The highest BCUT2D eigenvalue weighted by atomic mass is 16.3. The maximum Gasteiger partial charge on any atom is 0.291 e. The number of amides is 2. The van der Waals surface area contributed by atoms with Crippen LogP contribution in [0.25, 0.3) is 0 Å². The standard InChI is InChI=1S/C23H23N3O3/c27-22(25-19-7-2-3-8-20(19)26-14-4-1-5-15-26)17-10-12-18(13-11-17)24-23(28)21-9-6-16-29-21/h2-3,6-13,16H,1,4-5,14-15H2,(H,24,28)(H,25,27). The van der Waals surface area contributed by atoms with Gasteiger partial charge in [0.1, 0.15) is 0 Å². The quantitative estimate of drug-likeness (QED) is 0.659. The van der Waals surface area contributed by atoms with Crippen molar-refractivity contribution in [2.24, 2.45) is 0 Å². The molecule has 0 radical (unpaired) electrons. The molecule has 0 unspecified atom stereocenters. The van der Waals surface area contributed by atoms with E-state index in [-0.39, 0.29) is 17.6 Å². The summed E-state index contributed by atoms with van der Waals surface area (Å²) in [5.74, 6) is -0.276. The van der Waals surface area contributed by atoms with Gasteiger partial charge in [-0.25, -0.2) is 0 Å². The third kappa shape index (κ3) is 4.48. The van der Waals surface area contributed by atoms with Gasteiger partial charge in [0.2, 0.25) is 0 Å². The first-order valence-electron chi connectivity index (χ1n) is 9.81. The van der Waals surface area contributed by atoms with Gasteiger partial charge in [-0.2, -0.15) is 0 Å². The molecule has 2 amide bonds. The van der Waals surface area contributed by atoms with Crippen molar-refractivity contribution in [3.05, 3.63) is 78.3 Å². The highest BCUT2D eigenvalue weighted by Gasteiger charge is 2.16. The molecule has 2 aromatic carbocycles. The molecule has 1 saturated heterocycles. The fourth-order valence-corrected chi connectivity index (χ4v) is 3.49. The van der Waals surface area contributed by atoms with E-state index in [4.69, 9.17) is 4.42 Å². The number of rotatable bonds is 5. The summed E-state index contributed by atoms with van der Waals surface area (Å²) in [5, 5.41) is 5.77. The molecule has 2 N–H and O–H groups in total. The number of nitrogens with zero attached hydrogens (tertiary/aromatic N) is 1. The Morgan fingerprint density at radius 3 is 2.28 bits per heavy atom. The van der Waals surface area contributed by atoms with Crippen molar-refractivity contribution in [2.45, 2.75) is 19.3 Å². The van der Waals surface area contributed by atoms with Crippen molar-refractivity contribution in [1.29, 1.82) is 0 Å². The highest BCUT2D eigenvalue weighted by Crippen LogP contribution is 2.28. The van der Waals surface area contributed by atoms with E-state index in [1.54, 1.807) is 36.4 Å². The lowest BCUT2D eigenvalue weighted by Crippen LogP contribution is -2.30. The van der Waals surface area contributed by atoms with Gasteiger partial charge in [-0.1, -0.05) is 12.1 Å². The number of carbonyl (C=O) groups is 2. The Balaban J connectivity index is 1.43. The van der Waals surface area contributed by atoms with Crippen LogP contribution in [-0.2, 0) is 0 Å². The molecule has 3 aromatic rings. The molecule has 1 aliphatic rings. The van der Waals surface area contributed by atoms with Crippen LogP contribution >= 0.6 is 0 Å². The maximum atomic E-state index is 12.7. The minimum Gasteiger partial charge on any atom is -0.459 e. The summed E-state index contributed by atoms with van der Waals surface area (Å²) in [6.07, 6.45) is 5.05. The van der Waals surface area contributed by atoms with Gasteiger partial charge in [0.25, 0.3) is 11.8 Å². The molecule has 148 valence electrons. The van der Waals surface area contributed by atoms with Crippen LogP contribution in [0.3, 0.4) is 0 Å². The van der Waals surface area contributed by atoms with Crippen LogP contribution in [0.5, 0.6) is 0 Å². The second kappa shape index (κ2) is 8.65. The van der Waals surface area contributed by atoms with Crippen LogP contribution in [0.1, 0.15) is 40.2 Å². The van der Waals surface area contributed by atoms with E-state index in [9.17, 15) is 9.59 Å². The number of piperidine rings is 1. The monoisotopic (exact) mass is 389 g/mol. The smallest absolute Gasteiger partial charge is 0.291 e. The van der Waals surface area contributed by atoms with Gasteiger partial charge in [0.15, 0.2) is 5.76 Å². The number of anilines is 3. The third-order valence-corrected chi connectivity index (χ3v) is 5.00. The molecule has 6 nitrogen and oxygen atoms in total. The van der Waals surface area contributed by atoms with E-state index in [0.29, 0.717) is 11.3 Å². The summed E-state index contributed by atoms with van der Waals surface area (Å²) < 4.78 is 5.08. The SMILES string of the molecule is O=C(Nc1ccccc1N1CCCCC1)c1ccc(NC(=O)c2ccco2)cc1. The van der Waals surface area contributed by atoms with E-state index in [2.05, 4.69) is 15.5 Å². The lowest BCUT2D eigenvalue weighted by molar-refractivity contribution is 0.0995. The fourth-order valence-electron chi connectivity index (χ4n) is 3.49. The van der Waals surface area contributed by atoms with Gasteiger partial charge in [-0.3, -0.25) is 9.59 Å². The highest BCUT2D eigenvalue weighted by molar-refractivity contribution is 6.06. The van der Waals surface area contributed by atoms with Gasteiger partial charge in [0.05, 0.1) is 17.6 Å². The zero-order valence-corrected chi connectivity index (χ0v) is 16.1. The summed E-state index contributed by atoms with van der Waals surface area (Å²) in [4.78, 5) is 27.1. The molecular formula is C23H23N3O3. The van der Waals surface area contributed by atoms with E-state index in [0.717, 1.165) is 24.5 Å². The summed E-state index contributed by atoms with van der Waals surface area (Å²) >= 11 is 0. The Hall–Kier alpha value is -3.54. The van der Waals surface area contributed by atoms with Gasteiger partial charge in [-0.15, -0.1) is 0 Å². The molecule has 0 bridgehead atoms. The maximum absolute atomic E-state index is 12.7. The first kappa shape index (κ1) is 18.8. The second-order valence-corrected chi connectivity index (χ2v) is 7.03. The molecule has 2 heterocycles. The predicted molar refractivity (Wildman–Crippen MR) is 114 cm³/mol. The number of carbonyl (C=O) groups excluding carboxylic acids is 2. The average molecular weight is 389 g/mol. The zero-order valence-electron chi connectivity index (χ0n) is 16.1. The van der Waals surface area contributed by atoms with Crippen LogP contribution in [-0.4, -0.2) is 24.9 Å². The minimum absolute atomic E-state index is 0.182. The number of hydrogen-bond acceptors (Lipinski definition) is 4. The van der Waals surface area contributed by atoms with E-state index >= 15 is 0 Å². The normalized spacial score (nSPS) is 13.7. The largest absolute Gasteiger partial charge is 0.459 e. The van der Waals surface area contributed by atoms with Crippen molar-refractivity contribution in [1.82, 2.24) is 0 Å². The molecular weight excluding hydrogens is 366 g/mol. The Labute approximate surface area is 169 Å². The van der Waals surface area contributed by atoms with E-state index in [1.807, 2.05) is 24.3 Å². The Morgan fingerprint density at radius 2 is 1.55 bits per heavy atom. The molecule has 0 saturated carbocycles. The van der Waals surface area contributed by atoms with Crippen molar-refractivity contribution < 1.29 is 14.0 Å². The van der Waals surface area contributed by atoms with Crippen molar-refractivity contribution in [2.75, 3.05) is 28.6 Å². The van der Waals surface area contributed by atoms with Crippen LogP contribution in [0, 0.1) is 0 Å². The lowest BCUT2D eigenvalue weighted by atomic mass is 10.1. The first-order chi connectivity index (χ1) is 14.2. The van der Waals surface area contributed by atoms with Gasteiger partial charge in [0, 0.05) is 24.3 Å². The van der Waals surface area contributed by atoms with Gasteiger partial charge >= 0.3 is 0 Å². The molecule has 0 atom stereocenters. The summed E-state index contributed by atoms with van der Waals surface area (Å²) in [5.41, 5.74) is 2.99. The number of nitrogens with one attached hydrogen (secondary N) is 2. The minimum atomic E-state index is -0.331. The topological polar surface area (TPSA) is 74.6 Å². The van der Waals surface area contributed by atoms with Gasteiger partial charge in [-0.05, 0) is 67.8 Å². The molecule has 0 aliphatic carbocycles. The number of furan rings is 1. The number of para-hydroxylation sites is 2. The van der Waals surface area contributed by atoms with E-state index < -0.39 is 0 Å². The van der Waals surface area contributed by atoms with Crippen molar-refractivity contribution in [3.8, 4) is 0 Å². The number of benzene rings is 2. The average Bonchev–Trinajstić information content (AvgIpc) is 3.30. The predicted octanol–water partition coefficient (Wildman–Crippen LogP) is 4.77. The lowest BCUT2D eigenvalue weighted by Gasteiger charge is -2.30. The molecule has 1 aliphatic heterocycles. The van der Waals surface area contributed by atoms with Crippen molar-refractivity contribution in [3.63, 3.8) is 0 Å². The Bertz CT molecular complexity index is 975. The van der Waals surface area contributed by atoms with Crippen molar-refractivity contribution >= 4 is 28.9 Å². The second-order valence-electron chi connectivity index (χ2n) is 7.03. The molecule has 1 aromatic heterocycles. The fraction of sp³-hybridized carbons (Fsp3) is 0.217. The molecule has 0 spiro atoms. The molecule has 1 fully saturated rings. The molecule has 4 rings (SSSR count).